The van der Waals surface area contributed by atoms with E-state index >= 15 is 0 Å². The lowest BCUT2D eigenvalue weighted by atomic mass is 10.0. The monoisotopic (exact) mass is 288 g/mol. The van der Waals surface area contributed by atoms with Crippen molar-refractivity contribution in [2.45, 2.75) is 13.0 Å². The molecule has 0 bridgehead atoms. The largest absolute Gasteiger partial charge is 0.496 e. The highest BCUT2D eigenvalue weighted by Gasteiger charge is 2.11. The van der Waals surface area contributed by atoms with Crippen LogP contribution in [0.4, 0.5) is 0 Å². The van der Waals surface area contributed by atoms with Gasteiger partial charge < -0.3 is 19.3 Å². The van der Waals surface area contributed by atoms with E-state index in [2.05, 4.69) is 0 Å². The molecule has 4 heteroatoms. The van der Waals surface area contributed by atoms with Gasteiger partial charge in [0.1, 0.15) is 30.0 Å². The first kappa shape index (κ1) is 15.2. The normalized spacial score (nSPS) is 11.8. The molecule has 0 saturated heterocycles. The molecule has 2 rings (SSSR count). The lowest BCUT2D eigenvalue weighted by Gasteiger charge is -2.15. The number of aliphatic hydroxyl groups excluding tert-OH is 1. The fourth-order valence-corrected chi connectivity index (χ4v) is 2.09. The van der Waals surface area contributed by atoms with Crippen molar-refractivity contribution in [2.75, 3.05) is 20.8 Å². The highest BCUT2D eigenvalue weighted by molar-refractivity contribution is 5.42. The third-order valence-electron chi connectivity index (χ3n) is 3.28. The topological polar surface area (TPSA) is 47.9 Å². The molecule has 112 valence electrons. The zero-order valence-corrected chi connectivity index (χ0v) is 12.5. The number of rotatable bonds is 6. The molecule has 0 spiro atoms. The second kappa shape index (κ2) is 6.99. The first-order chi connectivity index (χ1) is 10.1. The molecule has 0 heterocycles. The molecule has 0 aromatic heterocycles. The summed E-state index contributed by atoms with van der Waals surface area (Å²) in [6.45, 7) is 2.13. The van der Waals surface area contributed by atoms with Crippen LogP contribution < -0.4 is 14.2 Å². The number of hydrogen-bond acceptors (Lipinski definition) is 4. The van der Waals surface area contributed by atoms with E-state index in [1.54, 1.807) is 32.4 Å². The predicted octanol–water partition coefficient (Wildman–Crippen LogP) is 3.12. The third-order valence-corrected chi connectivity index (χ3v) is 3.28. The van der Waals surface area contributed by atoms with Crippen molar-refractivity contribution < 1.29 is 19.3 Å². The van der Waals surface area contributed by atoms with Gasteiger partial charge in [-0.2, -0.15) is 0 Å². The second-order valence-corrected chi connectivity index (χ2v) is 4.73. The van der Waals surface area contributed by atoms with Crippen LogP contribution in [0, 0.1) is 6.92 Å². The summed E-state index contributed by atoms with van der Waals surface area (Å²) in [7, 11) is 3.17. The van der Waals surface area contributed by atoms with Crippen molar-refractivity contribution in [3.05, 3.63) is 53.6 Å². The highest BCUT2D eigenvalue weighted by atomic mass is 16.5. The summed E-state index contributed by atoms with van der Waals surface area (Å²) < 4.78 is 16.0. The van der Waals surface area contributed by atoms with Gasteiger partial charge >= 0.3 is 0 Å². The molecule has 21 heavy (non-hydrogen) atoms. The molecule has 0 saturated carbocycles. The standard InChI is InChI=1S/C17H20O4/c1-12-6-4-5-7-16(12)17(18)11-21-15-9-13(19-2)8-14(10-15)20-3/h4-10,17-18H,11H2,1-3H3. The van der Waals surface area contributed by atoms with Gasteiger partial charge in [0.2, 0.25) is 0 Å². The smallest absolute Gasteiger partial charge is 0.126 e. The van der Waals surface area contributed by atoms with Crippen LogP contribution in [0.1, 0.15) is 17.2 Å². The zero-order valence-electron chi connectivity index (χ0n) is 12.5. The maximum absolute atomic E-state index is 10.2. The van der Waals surface area contributed by atoms with Gasteiger partial charge in [-0.05, 0) is 18.1 Å². The van der Waals surface area contributed by atoms with E-state index in [9.17, 15) is 5.11 Å². The minimum absolute atomic E-state index is 0.168. The maximum atomic E-state index is 10.2. The molecule has 1 N–H and O–H groups in total. The molecular formula is C17H20O4. The van der Waals surface area contributed by atoms with Crippen LogP contribution in [-0.2, 0) is 0 Å². The van der Waals surface area contributed by atoms with Crippen molar-refractivity contribution in [1.82, 2.24) is 0 Å². The minimum atomic E-state index is -0.677. The third kappa shape index (κ3) is 3.89. The Morgan fingerprint density at radius 2 is 1.52 bits per heavy atom. The van der Waals surface area contributed by atoms with Gasteiger partial charge in [0.25, 0.3) is 0 Å². The minimum Gasteiger partial charge on any atom is -0.496 e. The molecule has 2 aromatic carbocycles. The maximum Gasteiger partial charge on any atom is 0.126 e. The summed E-state index contributed by atoms with van der Waals surface area (Å²) in [4.78, 5) is 0. The molecule has 0 aliphatic rings. The SMILES string of the molecule is COc1cc(OC)cc(OCC(O)c2ccccc2C)c1. The van der Waals surface area contributed by atoms with Crippen LogP contribution in [0.2, 0.25) is 0 Å². The number of ether oxygens (including phenoxy) is 3. The summed E-state index contributed by atoms with van der Waals surface area (Å²) in [5.74, 6) is 1.89. The number of hydrogen-bond donors (Lipinski definition) is 1. The Morgan fingerprint density at radius 1 is 0.952 bits per heavy atom. The van der Waals surface area contributed by atoms with Crippen molar-refractivity contribution in [1.29, 1.82) is 0 Å². The fraction of sp³-hybridized carbons (Fsp3) is 0.294. The van der Waals surface area contributed by atoms with Crippen LogP contribution in [0.15, 0.2) is 42.5 Å². The summed E-state index contributed by atoms with van der Waals surface area (Å²) in [6.07, 6.45) is -0.677. The van der Waals surface area contributed by atoms with Gasteiger partial charge in [-0.25, -0.2) is 0 Å². The Morgan fingerprint density at radius 3 is 2.10 bits per heavy atom. The average Bonchev–Trinajstić information content (AvgIpc) is 2.52. The second-order valence-electron chi connectivity index (χ2n) is 4.73. The summed E-state index contributed by atoms with van der Waals surface area (Å²) in [5.41, 5.74) is 1.91. The van der Waals surface area contributed by atoms with Crippen molar-refractivity contribution in [3.8, 4) is 17.2 Å². The number of methoxy groups -OCH3 is 2. The van der Waals surface area contributed by atoms with Crippen molar-refractivity contribution in [2.24, 2.45) is 0 Å². The van der Waals surface area contributed by atoms with Crippen LogP contribution in [0.3, 0.4) is 0 Å². The Bertz CT molecular complexity index is 573. The van der Waals surface area contributed by atoms with Crippen molar-refractivity contribution in [3.63, 3.8) is 0 Å². The van der Waals surface area contributed by atoms with Gasteiger partial charge in [-0.1, -0.05) is 24.3 Å². The summed E-state index contributed by atoms with van der Waals surface area (Å²) in [6, 6.07) is 13.0. The van der Waals surface area contributed by atoms with E-state index in [0.717, 1.165) is 11.1 Å². The van der Waals surface area contributed by atoms with Crippen LogP contribution >= 0.6 is 0 Å². The van der Waals surface area contributed by atoms with Gasteiger partial charge in [-0.15, -0.1) is 0 Å². The summed E-state index contributed by atoms with van der Waals surface area (Å²) in [5, 5.41) is 10.2. The quantitative estimate of drug-likeness (QED) is 0.887. The van der Waals surface area contributed by atoms with Crippen LogP contribution in [0.25, 0.3) is 0 Å². The van der Waals surface area contributed by atoms with E-state index < -0.39 is 6.10 Å². The Balaban J connectivity index is 2.07. The number of aryl methyl sites for hydroxylation is 1. The zero-order chi connectivity index (χ0) is 15.2. The van der Waals surface area contributed by atoms with E-state index in [1.807, 2.05) is 31.2 Å². The van der Waals surface area contributed by atoms with Gasteiger partial charge in [0.05, 0.1) is 14.2 Å². The van der Waals surface area contributed by atoms with E-state index in [1.165, 1.54) is 0 Å². The lowest BCUT2D eigenvalue weighted by molar-refractivity contribution is 0.107. The highest BCUT2D eigenvalue weighted by Crippen LogP contribution is 2.28. The molecule has 4 nitrogen and oxygen atoms in total. The molecule has 0 aliphatic heterocycles. The Kier molecular flexibility index (Phi) is 5.06. The average molecular weight is 288 g/mol. The number of benzene rings is 2. The molecule has 0 radical (unpaired) electrons. The Labute approximate surface area is 124 Å². The molecule has 0 fully saturated rings. The van der Waals surface area contributed by atoms with Gasteiger partial charge in [-0.3, -0.25) is 0 Å². The van der Waals surface area contributed by atoms with Gasteiger partial charge in [0, 0.05) is 18.2 Å². The van der Waals surface area contributed by atoms with E-state index in [-0.39, 0.29) is 6.61 Å². The first-order valence-electron chi connectivity index (χ1n) is 6.73. The predicted molar refractivity (Wildman–Crippen MR) is 81.2 cm³/mol. The lowest BCUT2D eigenvalue weighted by Crippen LogP contribution is -2.11. The molecule has 0 amide bonds. The van der Waals surface area contributed by atoms with Crippen LogP contribution in [0.5, 0.6) is 17.2 Å². The molecule has 1 atom stereocenters. The molecule has 2 aromatic rings. The van der Waals surface area contributed by atoms with Crippen molar-refractivity contribution >= 4 is 0 Å². The van der Waals surface area contributed by atoms with E-state index in [4.69, 9.17) is 14.2 Å². The molecule has 0 aliphatic carbocycles. The summed E-state index contributed by atoms with van der Waals surface area (Å²) >= 11 is 0. The van der Waals surface area contributed by atoms with Crippen LogP contribution in [-0.4, -0.2) is 25.9 Å². The fourth-order valence-electron chi connectivity index (χ4n) is 2.09. The van der Waals surface area contributed by atoms with E-state index in [0.29, 0.717) is 17.2 Å². The first-order valence-corrected chi connectivity index (χ1v) is 6.73. The number of aliphatic hydroxyl groups is 1. The molecular weight excluding hydrogens is 268 g/mol. The van der Waals surface area contributed by atoms with Gasteiger partial charge in [0.15, 0.2) is 0 Å². The molecule has 1 unspecified atom stereocenters. The Hall–Kier alpha value is -2.20.